The molecule has 0 spiro atoms. The topological polar surface area (TPSA) is 58.4 Å². The Morgan fingerprint density at radius 2 is 2.05 bits per heavy atom. The maximum atomic E-state index is 12.4. The van der Waals surface area contributed by atoms with E-state index in [1.165, 1.54) is 25.7 Å². The van der Waals surface area contributed by atoms with Crippen molar-refractivity contribution >= 4 is 5.91 Å². The van der Waals surface area contributed by atoms with Gasteiger partial charge in [0, 0.05) is 24.0 Å². The molecule has 1 amide bonds. The van der Waals surface area contributed by atoms with Crippen LogP contribution in [0.2, 0.25) is 0 Å². The lowest BCUT2D eigenvalue weighted by Crippen LogP contribution is -2.57. The molecule has 4 nitrogen and oxygen atoms in total. The lowest BCUT2D eigenvalue weighted by atomic mass is 9.75. The molecule has 0 aromatic rings. The second-order valence-corrected chi connectivity index (χ2v) is 7.17. The van der Waals surface area contributed by atoms with Crippen molar-refractivity contribution in [2.75, 3.05) is 20.6 Å². The first-order valence-corrected chi connectivity index (χ1v) is 8.15. The van der Waals surface area contributed by atoms with E-state index in [-0.39, 0.29) is 17.4 Å². The number of rotatable bonds is 5. The molecule has 4 heteroatoms. The van der Waals surface area contributed by atoms with Crippen molar-refractivity contribution < 1.29 is 4.79 Å². The minimum absolute atomic E-state index is 0.0978. The number of hydrogen-bond donors (Lipinski definition) is 2. The average Bonchev–Trinajstić information content (AvgIpc) is 2.35. The van der Waals surface area contributed by atoms with E-state index in [1.807, 2.05) is 0 Å². The average molecular weight is 281 g/mol. The Morgan fingerprint density at radius 3 is 2.55 bits per heavy atom. The van der Waals surface area contributed by atoms with Gasteiger partial charge in [-0.25, -0.2) is 0 Å². The first-order chi connectivity index (χ1) is 9.44. The maximum absolute atomic E-state index is 12.4. The third-order valence-electron chi connectivity index (χ3n) is 5.70. The molecule has 2 aliphatic carbocycles. The number of likely N-dealkylation sites (N-methyl/N-ethyl adjacent to an activating group) is 1. The predicted octanol–water partition coefficient (Wildman–Crippen LogP) is 1.74. The summed E-state index contributed by atoms with van der Waals surface area (Å²) in [6.07, 6.45) is 8.13. The first kappa shape index (κ1) is 15.8. The van der Waals surface area contributed by atoms with E-state index in [9.17, 15) is 4.79 Å². The van der Waals surface area contributed by atoms with Gasteiger partial charge in [-0.1, -0.05) is 13.3 Å². The van der Waals surface area contributed by atoms with E-state index in [4.69, 9.17) is 5.73 Å². The molecular weight excluding hydrogens is 250 g/mol. The van der Waals surface area contributed by atoms with E-state index in [0.29, 0.717) is 12.0 Å². The molecular formula is C16H31N3O. The standard InChI is InChI=1S/C16H31N3O/c1-12(13-6-4-7-14(17)10-13)15(20)18-11-16(19(2)3)8-5-9-16/h12-14H,4-11,17H2,1-3H3,(H,18,20). The van der Waals surface area contributed by atoms with Gasteiger partial charge in [0.25, 0.3) is 0 Å². The third-order valence-corrected chi connectivity index (χ3v) is 5.70. The van der Waals surface area contributed by atoms with Crippen LogP contribution in [0.5, 0.6) is 0 Å². The fourth-order valence-electron chi connectivity index (χ4n) is 3.71. The van der Waals surface area contributed by atoms with Gasteiger partial charge in [-0.3, -0.25) is 4.79 Å². The van der Waals surface area contributed by atoms with Crippen LogP contribution in [0.1, 0.15) is 51.9 Å². The zero-order chi connectivity index (χ0) is 14.8. The Hall–Kier alpha value is -0.610. The van der Waals surface area contributed by atoms with Crippen LogP contribution in [-0.2, 0) is 4.79 Å². The maximum Gasteiger partial charge on any atom is 0.223 e. The SMILES string of the molecule is CC(C(=O)NCC1(N(C)C)CCC1)C1CCCC(N)C1. The summed E-state index contributed by atoms with van der Waals surface area (Å²) in [4.78, 5) is 14.7. The van der Waals surface area contributed by atoms with Crippen LogP contribution in [0.25, 0.3) is 0 Å². The first-order valence-electron chi connectivity index (χ1n) is 8.15. The lowest BCUT2D eigenvalue weighted by Gasteiger charge is -2.47. The Balaban J connectivity index is 1.82. The molecule has 2 aliphatic rings. The minimum Gasteiger partial charge on any atom is -0.354 e. The van der Waals surface area contributed by atoms with Gasteiger partial charge in [0.1, 0.15) is 0 Å². The molecule has 0 aliphatic heterocycles. The summed E-state index contributed by atoms with van der Waals surface area (Å²) < 4.78 is 0. The summed E-state index contributed by atoms with van der Waals surface area (Å²) in [7, 11) is 4.24. The van der Waals surface area contributed by atoms with Crippen molar-refractivity contribution in [3.63, 3.8) is 0 Å². The molecule has 0 aromatic heterocycles. The highest BCUT2D eigenvalue weighted by molar-refractivity contribution is 5.78. The Morgan fingerprint density at radius 1 is 1.35 bits per heavy atom. The summed E-state index contributed by atoms with van der Waals surface area (Å²) in [5.74, 6) is 0.785. The van der Waals surface area contributed by atoms with Crippen LogP contribution in [0, 0.1) is 11.8 Å². The molecule has 20 heavy (non-hydrogen) atoms. The molecule has 2 fully saturated rings. The largest absolute Gasteiger partial charge is 0.354 e. The monoisotopic (exact) mass is 281 g/mol. The van der Waals surface area contributed by atoms with Crippen LogP contribution in [-0.4, -0.2) is 43.0 Å². The summed E-state index contributed by atoms with van der Waals surface area (Å²) in [5, 5.41) is 3.20. The zero-order valence-corrected chi connectivity index (χ0v) is 13.3. The van der Waals surface area contributed by atoms with Crippen LogP contribution >= 0.6 is 0 Å². The van der Waals surface area contributed by atoms with Crippen molar-refractivity contribution in [3.8, 4) is 0 Å². The summed E-state index contributed by atoms with van der Waals surface area (Å²) in [5.41, 5.74) is 6.24. The quantitative estimate of drug-likeness (QED) is 0.807. The Labute approximate surface area is 123 Å². The van der Waals surface area contributed by atoms with Gasteiger partial charge >= 0.3 is 0 Å². The highest BCUT2D eigenvalue weighted by Gasteiger charge is 2.39. The molecule has 0 aromatic carbocycles. The summed E-state index contributed by atoms with van der Waals surface area (Å²) in [6.45, 7) is 2.86. The van der Waals surface area contributed by atoms with Crippen molar-refractivity contribution in [2.24, 2.45) is 17.6 Å². The predicted molar refractivity (Wildman–Crippen MR) is 82.4 cm³/mol. The summed E-state index contributed by atoms with van der Waals surface area (Å²) in [6, 6.07) is 0.295. The van der Waals surface area contributed by atoms with Crippen LogP contribution in [0.15, 0.2) is 0 Å². The Kier molecular flexibility index (Phi) is 5.08. The van der Waals surface area contributed by atoms with Crippen molar-refractivity contribution in [2.45, 2.75) is 63.5 Å². The number of carbonyl (C=O) groups is 1. The van der Waals surface area contributed by atoms with E-state index in [2.05, 4.69) is 31.2 Å². The molecule has 0 heterocycles. The van der Waals surface area contributed by atoms with Gasteiger partial charge < -0.3 is 16.0 Å². The van der Waals surface area contributed by atoms with Crippen LogP contribution < -0.4 is 11.1 Å². The van der Waals surface area contributed by atoms with Gasteiger partial charge in [0.15, 0.2) is 0 Å². The molecule has 116 valence electrons. The Bertz CT molecular complexity index is 339. The van der Waals surface area contributed by atoms with Gasteiger partial charge in [-0.05, 0) is 58.5 Å². The van der Waals surface area contributed by atoms with E-state index >= 15 is 0 Å². The van der Waals surface area contributed by atoms with Crippen molar-refractivity contribution in [1.82, 2.24) is 10.2 Å². The van der Waals surface area contributed by atoms with Gasteiger partial charge in [-0.15, -0.1) is 0 Å². The van der Waals surface area contributed by atoms with Crippen LogP contribution in [0.4, 0.5) is 0 Å². The highest BCUT2D eigenvalue weighted by Crippen LogP contribution is 2.35. The zero-order valence-electron chi connectivity index (χ0n) is 13.3. The fraction of sp³-hybridized carbons (Fsp3) is 0.938. The minimum atomic E-state index is 0.0978. The van der Waals surface area contributed by atoms with Gasteiger partial charge in [0.2, 0.25) is 5.91 Å². The van der Waals surface area contributed by atoms with E-state index < -0.39 is 0 Å². The smallest absolute Gasteiger partial charge is 0.223 e. The number of nitrogens with two attached hydrogens (primary N) is 1. The van der Waals surface area contributed by atoms with Crippen molar-refractivity contribution in [1.29, 1.82) is 0 Å². The molecule has 2 saturated carbocycles. The number of carbonyl (C=O) groups excluding carboxylic acids is 1. The lowest BCUT2D eigenvalue weighted by molar-refractivity contribution is -0.127. The second kappa shape index (κ2) is 6.44. The molecule has 3 unspecified atom stereocenters. The number of amides is 1. The van der Waals surface area contributed by atoms with E-state index in [1.54, 1.807) is 0 Å². The van der Waals surface area contributed by atoms with Gasteiger partial charge in [-0.2, -0.15) is 0 Å². The normalized spacial score (nSPS) is 30.6. The molecule has 0 saturated heterocycles. The fourth-order valence-corrected chi connectivity index (χ4v) is 3.71. The number of hydrogen-bond acceptors (Lipinski definition) is 3. The second-order valence-electron chi connectivity index (χ2n) is 7.17. The molecule has 3 atom stereocenters. The van der Waals surface area contributed by atoms with E-state index in [0.717, 1.165) is 25.8 Å². The highest BCUT2D eigenvalue weighted by atomic mass is 16.1. The van der Waals surface area contributed by atoms with Crippen molar-refractivity contribution in [3.05, 3.63) is 0 Å². The molecule has 3 N–H and O–H groups in total. The molecule has 0 radical (unpaired) electrons. The molecule has 2 rings (SSSR count). The summed E-state index contributed by atoms with van der Waals surface area (Å²) >= 11 is 0. The van der Waals surface area contributed by atoms with Crippen LogP contribution in [0.3, 0.4) is 0 Å². The number of nitrogens with one attached hydrogen (secondary N) is 1. The number of nitrogens with zero attached hydrogens (tertiary/aromatic N) is 1. The molecule has 0 bridgehead atoms. The van der Waals surface area contributed by atoms with Gasteiger partial charge in [0.05, 0.1) is 0 Å². The third kappa shape index (κ3) is 3.34.